The van der Waals surface area contributed by atoms with E-state index in [9.17, 15) is 9.90 Å². The molecule has 1 aromatic heterocycles. The van der Waals surface area contributed by atoms with Crippen molar-refractivity contribution in [3.05, 3.63) is 36.0 Å². The molecule has 1 fully saturated rings. The van der Waals surface area contributed by atoms with Crippen LogP contribution in [0.3, 0.4) is 0 Å². The summed E-state index contributed by atoms with van der Waals surface area (Å²) in [4.78, 5) is 15.7. The van der Waals surface area contributed by atoms with Gasteiger partial charge in [-0.05, 0) is 6.07 Å². The summed E-state index contributed by atoms with van der Waals surface area (Å²) in [7, 11) is 0. The number of H-pyrrole nitrogens is 1. The van der Waals surface area contributed by atoms with Crippen LogP contribution in [-0.4, -0.2) is 35.6 Å². The fraction of sp³-hybridized carbons (Fsp3) is 0.438. The number of carbonyl (C=O) groups is 1. The summed E-state index contributed by atoms with van der Waals surface area (Å²) in [6, 6.07) is 8.00. The molecule has 3 rings (SSSR count). The monoisotopic (exact) mass is 288 g/mol. The van der Waals surface area contributed by atoms with Crippen LogP contribution < -0.4 is 10.6 Å². The highest BCUT2D eigenvalue weighted by molar-refractivity contribution is 5.83. The fourth-order valence-electron chi connectivity index (χ4n) is 3.27. The maximum absolute atomic E-state index is 11.2. The topological polar surface area (TPSA) is 83.6 Å². The number of amides is 1. The van der Waals surface area contributed by atoms with Gasteiger partial charge in [0.05, 0.1) is 13.1 Å². The van der Waals surface area contributed by atoms with E-state index in [1.54, 1.807) is 0 Å². The van der Waals surface area contributed by atoms with Crippen LogP contribution in [0.1, 0.15) is 24.5 Å². The number of aromatic amines is 1. The molecular formula is C16H22N3O2+. The van der Waals surface area contributed by atoms with E-state index in [0.29, 0.717) is 6.54 Å². The lowest BCUT2D eigenvalue weighted by Gasteiger charge is -2.29. The van der Waals surface area contributed by atoms with Gasteiger partial charge in [0.1, 0.15) is 12.6 Å². The molecule has 2 aromatic rings. The molecular weight excluding hydrogens is 266 g/mol. The minimum Gasteiger partial charge on any atom is -0.382 e. The van der Waals surface area contributed by atoms with Crippen LogP contribution in [0.2, 0.25) is 0 Å². The summed E-state index contributed by atoms with van der Waals surface area (Å²) in [5.74, 6) is -0.176. The number of para-hydroxylation sites is 1. The first-order chi connectivity index (χ1) is 10.1. The van der Waals surface area contributed by atoms with Crippen molar-refractivity contribution in [3.8, 4) is 0 Å². The molecule has 1 saturated heterocycles. The molecule has 21 heavy (non-hydrogen) atoms. The van der Waals surface area contributed by atoms with E-state index in [1.165, 1.54) is 4.90 Å². The minimum absolute atomic E-state index is 0.0129. The summed E-state index contributed by atoms with van der Waals surface area (Å²) in [6.45, 7) is 2.47. The number of nitrogens with one attached hydrogen (secondary N) is 2. The lowest BCUT2D eigenvalue weighted by Crippen LogP contribution is -3.13. The smallest absolute Gasteiger partial charge is 0.220 e. The number of carbonyl (C=O) groups excluding carboxylic acids is 1. The summed E-state index contributed by atoms with van der Waals surface area (Å²) in [5, 5.41) is 11.6. The van der Waals surface area contributed by atoms with Crippen LogP contribution in [0.4, 0.5) is 0 Å². The number of primary amides is 1. The molecule has 1 amide bonds. The maximum atomic E-state index is 11.2. The molecule has 5 nitrogen and oxygen atoms in total. The Labute approximate surface area is 123 Å². The Morgan fingerprint density at radius 2 is 2.10 bits per heavy atom. The lowest BCUT2D eigenvalue weighted by molar-refractivity contribution is -0.909. The van der Waals surface area contributed by atoms with Gasteiger partial charge in [-0.15, -0.1) is 0 Å². The van der Waals surface area contributed by atoms with Crippen LogP contribution >= 0.6 is 0 Å². The van der Waals surface area contributed by atoms with Crippen molar-refractivity contribution in [2.45, 2.75) is 18.9 Å². The molecule has 5 heteroatoms. The standard InChI is InChI=1S/C16H21N3O2/c17-16(21)11-5-7-19(8-6-11)10-15(20)13-9-18-14-4-2-1-3-12(13)14/h1-4,9,11,15,18,20H,5-8,10H2,(H2,17,21)/p+1/t15-/m0/s1. The Hall–Kier alpha value is -1.85. The molecule has 0 bridgehead atoms. The number of piperidine rings is 1. The number of quaternary nitrogens is 1. The molecule has 112 valence electrons. The number of benzene rings is 1. The minimum atomic E-state index is -0.485. The van der Waals surface area contributed by atoms with E-state index >= 15 is 0 Å². The molecule has 5 N–H and O–H groups in total. The van der Waals surface area contributed by atoms with Gasteiger partial charge in [-0.2, -0.15) is 0 Å². The van der Waals surface area contributed by atoms with E-state index in [0.717, 1.165) is 42.4 Å². The normalized spacial score (nSPS) is 24.0. The summed E-state index contributed by atoms with van der Waals surface area (Å²) >= 11 is 0. The van der Waals surface area contributed by atoms with Gasteiger partial charge >= 0.3 is 0 Å². The number of aliphatic hydroxyl groups excluding tert-OH is 1. The van der Waals surface area contributed by atoms with Gasteiger partial charge in [0.15, 0.2) is 0 Å². The molecule has 0 radical (unpaired) electrons. The van der Waals surface area contributed by atoms with Crippen molar-refractivity contribution in [1.29, 1.82) is 0 Å². The largest absolute Gasteiger partial charge is 0.382 e. The van der Waals surface area contributed by atoms with Crippen LogP contribution in [0.15, 0.2) is 30.5 Å². The number of aromatic nitrogens is 1. The first-order valence-electron chi connectivity index (χ1n) is 7.52. The number of fused-ring (bicyclic) bond motifs is 1. The van der Waals surface area contributed by atoms with E-state index in [4.69, 9.17) is 5.73 Å². The van der Waals surface area contributed by atoms with Crippen LogP contribution in [0.25, 0.3) is 10.9 Å². The zero-order chi connectivity index (χ0) is 14.8. The molecule has 2 heterocycles. The van der Waals surface area contributed by atoms with Gasteiger partial charge in [0.25, 0.3) is 0 Å². The third kappa shape index (κ3) is 2.94. The predicted molar refractivity (Wildman–Crippen MR) is 80.7 cm³/mol. The molecule has 1 aromatic carbocycles. The Bertz CT molecular complexity index is 629. The van der Waals surface area contributed by atoms with E-state index in [-0.39, 0.29) is 11.8 Å². The average molecular weight is 288 g/mol. The lowest BCUT2D eigenvalue weighted by atomic mass is 9.96. The van der Waals surface area contributed by atoms with Gasteiger partial charge in [-0.25, -0.2) is 0 Å². The van der Waals surface area contributed by atoms with Crippen LogP contribution in [-0.2, 0) is 4.79 Å². The molecule has 0 aliphatic carbocycles. The predicted octanol–water partition coefficient (Wildman–Crippen LogP) is -0.0185. The van der Waals surface area contributed by atoms with E-state index < -0.39 is 6.10 Å². The van der Waals surface area contributed by atoms with Gasteiger partial charge in [0.2, 0.25) is 5.91 Å². The number of likely N-dealkylation sites (tertiary alicyclic amines) is 1. The first-order valence-corrected chi connectivity index (χ1v) is 7.52. The summed E-state index contributed by atoms with van der Waals surface area (Å²) < 4.78 is 0. The van der Waals surface area contributed by atoms with Gasteiger partial charge in [-0.1, -0.05) is 18.2 Å². The number of nitrogens with two attached hydrogens (primary N) is 1. The van der Waals surface area contributed by atoms with Crippen LogP contribution in [0, 0.1) is 5.92 Å². The van der Waals surface area contributed by atoms with Crippen molar-refractivity contribution >= 4 is 16.8 Å². The fourth-order valence-corrected chi connectivity index (χ4v) is 3.27. The molecule has 1 aliphatic rings. The van der Waals surface area contributed by atoms with Gasteiger partial charge < -0.3 is 20.7 Å². The maximum Gasteiger partial charge on any atom is 0.220 e. The highest BCUT2D eigenvalue weighted by Crippen LogP contribution is 2.23. The number of hydrogen-bond donors (Lipinski definition) is 4. The molecule has 0 spiro atoms. The third-order valence-corrected chi connectivity index (χ3v) is 4.56. The SMILES string of the molecule is NC(=O)C1CC[NH+](C[C@H](O)c2c[nH]c3ccccc23)CC1. The summed E-state index contributed by atoms with van der Waals surface area (Å²) in [6.07, 6.45) is 3.06. The second-order valence-corrected chi connectivity index (χ2v) is 5.94. The second kappa shape index (κ2) is 5.87. The highest BCUT2D eigenvalue weighted by atomic mass is 16.3. The van der Waals surface area contributed by atoms with Crippen molar-refractivity contribution < 1.29 is 14.8 Å². The van der Waals surface area contributed by atoms with E-state index in [2.05, 4.69) is 4.98 Å². The van der Waals surface area contributed by atoms with E-state index in [1.807, 2.05) is 30.5 Å². The third-order valence-electron chi connectivity index (χ3n) is 4.56. The zero-order valence-corrected chi connectivity index (χ0v) is 12.0. The molecule has 0 saturated carbocycles. The van der Waals surface area contributed by atoms with Crippen molar-refractivity contribution in [2.75, 3.05) is 19.6 Å². The second-order valence-electron chi connectivity index (χ2n) is 5.94. The quantitative estimate of drug-likeness (QED) is 0.638. The Balaban J connectivity index is 1.64. The van der Waals surface area contributed by atoms with Gasteiger partial charge in [-0.3, -0.25) is 4.79 Å². The molecule has 1 atom stereocenters. The van der Waals surface area contributed by atoms with Gasteiger partial charge in [0, 0.05) is 41.4 Å². The Morgan fingerprint density at radius 3 is 2.81 bits per heavy atom. The highest BCUT2D eigenvalue weighted by Gasteiger charge is 2.28. The first kappa shape index (κ1) is 14.1. The number of rotatable bonds is 4. The zero-order valence-electron chi connectivity index (χ0n) is 12.0. The molecule has 1 aliphatic heterocycles. The Morgan fingerprint density at radius 1 is 1.38 bits per heavy atom. The number of hydrogen-bond acceptors (Lipinski definition) is 2. The van der Waals surface area contributed by atoms with Crippen LogP contribution in [0.5, 0.6) is 0 Å². The van der Waals surface area contributed by atoms with Crippen molar-refractivity contribution in [2.24, 2.45) is 11.7 Å². The van der Waals surface area contributed by atoms with Crippen molar-refractivity contribution in [1.82, 2.24) is 4.98 Å². The average Bonchev–Trinajstić information content (AvgIpc) is 2.92. The Kier molecular flexibility index (Phi) is 3.94. The summed E-state index contributed by atoms with van der Waals surface area (Å²) in [5.41, 5.74) is 7.36. The van der Waals surface area contributed by atoms with Crippen molar-refractivity contribution in [3.63, 3.8) is 0 Å². The molecule has 0 unspecified atom stereocenters. The number of aliphatic hydroxyl groups is 1.